The average molecular weight is 450 g/mol. The Hall–Kier alpha value is -4.09. The van der Waals surface area contributed by atoms with E-state index >= 15 is 0 Å². The van der Waals surface area contributed by atoms with Gasteiger partial charge in [-0.1, -0.05) is 61.8 Å². The Morgan fingerprint density at radius 2 is 1.68 bits per heavy atom. The Morgan fingerprint density at radius 1 is 1.03 bits per heavy atom. The van der Waals surface area contributed by atoms with Crippen molar-refractivity contribution in [3.63, 3.8) is 0 Å². The van der Waals surface area contributed by atoms with Crippen molar-refractivity contribution >= 4 is 23.0 Å². The van der Waals surface area contributed by atoms with Crippen molar-refractivity contribution in [2.45, 2.75) is 38.6 Å². The van der Waals surface area contributed by atoms with Crippen LogP contribution in [0.4, 0.5) is 5.69 Å². The van der Waals surface area contributed by atoms with Crippen LogP contribution in [0.3, 0.4) is 0 Å². The van der Waals surface area contributed by atoms with Crippen molar-refractivity contribution in [1.29, 1.82) is 0 Å². The number of phenolic OH excluding ortho intramolecular Hbond substituents is 1. The molecule has 5 rings (SSSR count). The molecule has 0 aromatic heterocycles. The average Bonchev–Trinajstić information content (AvgIpc) is 2.82. The third-order valence-electron chi connectivity index (χ3n) is 6.89. The molecule has 34 heavy (non-hydrogen) atoms. The lowest BCUT2D eigenvalue weighted by Crippen LogP contribution is -2.41. The SMILES string of the molecule is CCCC(=O)C1C#C/C=C\C#CC2Nc3c(cc(O)c4c3C(=O)c3ccccc3C4=O)C1C2C. The van der Waals surface area contributed by atoms with Gasteiger partial charge in [0.05, 0.1) is 28.8 Å². The third-order valence-corrected chi connectivity index (χ3v) is 6.89. The van der Waals surface area contributed by atoms with Gasteiger partial charge in [0, 0.05) is 23.5 Å². The minimum atomic E-state index is -0.623. The van der Waals surface area contributed by atoms with E-state index in [1.54, 1.807) is 36.4 Å². The number of carbonyl (C=O) groups excluding carboxylic acids is 3. The van der Waals surface area contributed by atoms with Crippen molar-refractivity contribution in [2.75, 3.05) is 5.32 Å². The third kappa shape index (κ3) is 3.25. The number of carbonyl (C=O) groups is 3. The van der Waals surface area contributed by atoms with E-state index in [9.17, 15) is 19.5 Å². The van der Waals surface area contributed by atoms with Crippen LogP contribution in [0.5, 0.6) is 5.75 Å². The molecule has 1 aliphatic heterocycles. The molecule has 3 aliphatic rings. The molecule has 2 aromatic carbocycles. The Bertz CT molecular complexity index is 1410. The van der Waals surface area contributed by atoms with Gasteiger partial charge in [0.2, 0.25) is 0 Å². The molecule has 2 bridgehead atoms. The van der Waals surface area contributed by atoms with E-state index in [1.807, 2.05) is 13.8 Å². The maximum Gasteiger partial charge on any atom is 0.198 e. The molecular formula is C29H23NO4. The Labute approximate surface area is 198 Å². The number of rotatable bonds is 3. The van der Waals surface area contributed by atoms with Crippen LogP contribution in [0.15, 0.2) is 42.5 Å². The number of nitrogens with one attached hydrogen (secondary N) is 1. The molecule has 2 aliphatic carbocycles. The highest BCUT2D eigenvalue weighted by atomic mass is 16.3. The van der Waals surface area contributed by atoms with Crippen LogP contribution in [0.1, 0.15) is 70.0 Å². The number of aromatic hydroxyl groups is 1. The van der Waals surface area contributed by atoms with Gasteiger partial charge < -0.3 is 10.4 Å². The van der Waals surface area contributed by atoms with Crippen LogP contribution in [0, 0.1) is 35.5 Å². The fourth-order valence-corrected chi connectivity index (χ4v) is 5.27. The highest BCUT2D eigenvalue weighted by Crippen LogP contribution is 2.49. The molecule has 0 amide bonds. The Morgan fingerprint density at radius 3 is 2.35 bits per heavy atom. The fraction of sp³-hybridized carbons (Fsp3) is 0.276. The second-order valence-corrected chi connectivity index (χ2v) is 8.93. The van der Waals surface area contributed by atoms with Gasteiger partial charge in [-0.3, -0.25) is 14.4 Å². The van der Waals surface area contributed by atoms with E-state index < -0.39 is 17.6 Å². The maximum absolute atomic E-state index is 13.6. The summed E-state index contributed by atoms with van der Waals surface area (Å²) in [5, 5.41) is 14.4. The first kappa shape index (κ1) is 21.7. The van der Waals surface area contributed by atoms with Gasteiger partial charge in [0.15, 0.2) is 11.6 Å². The first-order valence-electron chi connectivity index (χ1n) is 11.5. The number of hydrogen-bond acceptors (Lipinski definition) is 5. The normalized spacial score (nSPS) is 24.6. The lowest BCUT2D eigenvalue weighted by molar-refractivity contribution is -0.122. The van der Waals surface area contributed by atoms with Crippen LogP contribution in [0.2, 0.25) is 0 Å². The van der Waals surface area contributed by atoms with Gasteiger partial charge in [-0.05, 0) is 36.1 Å². The molecule has 0 spiro atoms. The van der Waals surface area contributed by atoms with E-state index in [-0.39, 0.29) is 46.0 Å². The Kier molecular flexibility index (Phi) is 5.34. The number of anilines is 1. The van der Waals surface area contributed by atoms with Crippen molar-refractivity contribution < 1.29 is 19.5 Å². The summed E-state index contributed by atoms with van der Waals surface area (Å²) in [5.41, 5.74) is 1.79. The second kappa shape index (κ2) is 8.36. The highest BCUT2D eigenvalue weighted by molar-refractivity contribution is 6.31. The monoisotopic (exact) mass is 449 g/mol. The summed E-state index contributed by atoms with van der Waals surface area (Å²) in [6, 6.07) is 7.79. The summed E-state index contributed by atoms with van der Waals surface area (Å²) < 4.78 is 0. The maximum atomic E-state index is 13.6. The van der Waals surface area contributed by atoms with E-state index in [0.29, 0.717) is 29.7 Å². The number of benzene rings is 2. The number of Topliss-reactive ketones (excluding diaryl/α,β-unsaturated/α-hetero) is 1. The summed E-state index contributed by atoms with van der Waals surface area (Å²) in [5.74, 6) is 10.1. The molecule has 2 aromatic rings. The summed E-state index contributed by atoms with van der Waals surface area (Å²) in [4.78, 5) is 40.1. The zero-order valence-corrected chi connectivity index (χ0v) is 18.9. The first-order chi connectivity index (χ1) is 16.4. The summed E-state index contributed by atoms with van der Waals surface area (Å²) in [6.45, 7) is 3.95. The van der Waals surface area contributed by atoms with E-state index in [2.05, 4.69) is 29.0 Å². The molecule has 0 fully saturated rings. The van der Waals surface area contributed by atoms with Gasteiger partial charge in [0.1, 0.15) is 11.5 Å². The molecule has 0 saturated carbocycles. The standard InChI is InChI=1S/C29H23NO4/c1-3-10-22(31)19-13-6-4-5-7-14-21-16(2)24(19)20-15-23(32)25-26(27(20)30-21)29(34)18-12-9-8-11-17(18)28(25)33/h4-5,8-9,11-12,15-16,19,21,24,30,32H,3,10H2,1-2H3/b5-4-. The molecule has 2 N–H and O–H groups in total. The molecule has 0 radical (unpaired) electrons. The van der Waals surface area contributed by atoms with Crippen LogP contribution in [-0.2, 0) is 4.79 Å². The van der Waals surface area contributed by atoms with Crippen LogP contribution in [-0.4, -0.2) is 28.5 Å². The quantitative estimate of drug-likeness (QED) is 0.462. The smallest absolute Gasteiger partial charge is 0.198 e. The molecule has 1 heterocycles. The van der Waals surface area contributed by atoms with Gasteiger partial charge in [-0.2, -0.15) is 0 Å². The summed E-state index contributed by atoms with van der Waals surface area (Å²) in [6.07, 6.45) is 4.36. The van der Waals surface area contributed by atoms with Gasteiger partial charge in [-0.15, -0.1) is 0 Å². The van der Waals surface area contributed by atoms with Crippen molar-refractivity contribution in [3.8, 4) is 29.4 Å². The second-order valence-electron chi connectivity index (χ2n) is 8.93. The van der Waals surface area contributed by atoms with Crippen molar-refractivity contribution in [2.24, 2.45) is 11.8 Å². The van der Waals surface area contributed by atoms with Gasteiger partial charge >= 0.3 is 0 Å². The number of hydrogen-bond donors (Lipinski definition) is 2. The summed E-state index contributed by atoms with van der Waals surface area (Å²) >= 11 is 0. The molecule has 168 valence electrons. The zero-order valence-electron chi connectivity index (χ0n) is 18.9. The van der Waals surface area contributed by atoms with E-state index in [4.69, 9.17) is 0 Å². The lowest BCUT2D eigenvalue weighted by atomic mass is 9.68. The van der Waals surface area contributed by atoms with Crippen molar-refractivity contribution in [3.05, 3.63) is 70.3 Å². The molecule has 5 heteroatoms. The number of fused-ring (bicyclic) bond motifs is 7. The van der Waals surface area contributed by atoms with E-state index in [1.165, 1.54) is 6.07 Å². The minimum absolute atomic E-state index is 0.00975. The Balaban J connectivity index is 1.79. The largest absolute Gasteiger partial charge is 0.507 e. The topological polar surface area (TPSA) is 83.5 Å². The predicted molar refractivity (Wildman–Crippen MR) is 129 cm³/mol. The van der Waals surface area contributed by atoms with Crippen LogP contribution < -0.4 is 5.32 Å². The lowest BCUT2D eigenvalue weighted by Gasteiger charge is -2.40. The van der Waals surface area contributed by atoms with Crippen LogP contribution >= 0.6 is 0 Å². The molecule has 5 nitrogen and oxygen atoms in total. The number of ketones is 3. The highest BCUT2D eigenvalue weighted by Gasteiger charge is 2.44. The number of phenols is 1. The zero-order chi connectivity index (χ0) is 24.0. The fourth-order valence-electron chi connectivity index (χ4n) is 5.27. The van der Waals surface area contributed by atoms with Gasteiger partial charge in [0.25, 0.3) is 0 Å². The van der Waals surface area contributed by atoms with Crippen LogP contribution in [0.25, 0.3) is 0 Å². The van der Waals surface area contributed by atoms with Crippen molar-refractivity contribution in [1.82, 2.24) is 0 Å². The molecular weight excluding hydrogens is 426 g/mol. The minimum Gasteiger partial charge on any atom is -0.507 e. The summed E-state index contributed by atoms with van der Waals surface area (Å²) in [7, 11) is 0. The molecule has 4 atom stereocenters. The predicted octanol–water partition coefficient (Wildman–Crippen LogP) is 4.24. The van der Waals surface area contributed by atoms with Gasteiger partial charge in [-0.25, -0.2) is 0 Å². The molecule has 4 unspecified atom stereocenters. The first-order valence-corrected chi connectivity index (χ1v) is 11.5. The molecule has 0 saturated heterocycles. The number of allylic oxidation sites excluding steroid dienone is 2. The van der Waals surface area contributed by atoms with E-state index in [0.717, 1.165) is 0 Å².